The molecule has 1 heterocycles. The van der Waals surface area contributed by atoms with E-state index in [0.29, 0.717) is 5.57 Å². The van der Waals surface area contributed by atoms with Gasteiger partial charge in [0.1, 0.15) is 0 Å². The van der Waals surface area contributed by atoms with Crippen LogP contribution in [0.15, 0.2) is 36.5 Å². The molecule has 1 rings (SSSR count). The summed E-state index contributed by atoms with van der Waals surface area (Å²) in [6.07, 6.45) is 7.49. The molecule has 0 aromatic heterocycles. The van der Waals surface area contributed by atoms with Crippen molar-refractivity contribution in [3.05, 3.63) is 36.5 Å². The third-order valence-electron chi connectivity index (χ3n) is 4.38. The Hall–Kier alpha value is -1.43. The molecule has 1 aliphatic rings. The van der Waals surface area contributed by atoms with Crippen molar-refractivity contribution in [1.82, 2.24) is 10.2 Å². The fraction of sp³-hybridized carbons (Fsp3) is 0.611. The number of nitrogens with zero attached hydrogens (tertiary/aromatic N) is 1. The standard InChI is InChI=1S/C18H30N2O3/c1-5-7-9-14(6-2)18(23)13(3)19-17(22)12-16(21)15-10-8-11-20(15)4/h5-7,9,13,15-16,18,21,23H,1,8,10-12H2,2-4H3,(H,19,22)/b9-7-,14-6+. The third-order valence-corrected chi connectivity index (χ3v) is 4.38. The summed E-state index contributed by atoms with van der Waals surface area (Å²) < 4.78 is 0. The average Bonchev–Trinajstić information content (AvgIpc) is 2.93. The average molecular weight is 322 g/mol. The Bertz CT molecular complexity index is 459. The van der Waals surface area contributed by atoms with E-state index in [2.05, 4.69) is 16.8 Å². The molecule has 0 radical (unpaired) electrons. The van der Waals surface area contributed by atoms with Crippen molar-refractivity contribution in [2.45, 2.75) is 57.4 Å². The van der Waals surface area contributed by atoms with E-state index >= 15 is 0 Å². The van der Waals surface area contributed by atoms with Crippen LogP contribution in [-0.2, 0) is 4.79 Å². The maximum atomic E-state index is 12.1. The highest BCUT2D eigenvalue weighted by atomic mass is 16.3. The molecule has 0 aromatic rings. The van der Waals surface area contributed by atoms with E-state index in [-0.39, 0.29) is 18.4 Å². The molecule has 0 spiro atoms. The molecule has 0 aliphatic carbocycles. The number of hydrogen-bond donors (Lipinski definition) is 3. The zero-order chi connectivity index (χ0) is 17.4. The van der Waals surface area contributed by atoms with Gasteiger partial charge in [0.15, 0.2) is 0 Å². The van der Waals surface area contributed by atoms with Gasteiger partial charge in [-0.25, -0.2) is 0 Å². The van der Waals surface area contributed by atoms with Crippen molar-refractivity contribution in [3.8, 4) is 0 Å². The number of likely N-dealkylation sites (N-methyl/N-ethyl adjacent to an activating group) is 1. The molecule has 1 saturated heterocycles. The second kappa shape index (κ2) is 9.65. The lowest BCUT2D eigenvalue weighted by atomic mass is 10.0. The summed E-state index contributed by atoms with van der Waals surface area (Å²) in [6, 6.07) is -0.390. The second-order valence-corrected chi connectivity index (χ2v) is 6.15. The molecule has 3 N–H and O–H groups in total. The summed E-state index contributed by atoms with van der Waals surface area (Å²) in [7, 11) is 1.97. The number of carbonyl (C=O) groups is 1. The number of aliphatic hydroxyl groups is 2. The smallest absolute Gasteiger partial charge is 0.222 e. The van der Waals surface area contributed by atoms with E-state index in [9.17, 15) is 15.0 Å². The number of aliphatic hydroxyl groups excluding tert-OH is 2. The van der Waals surface area contributed by atoms with Gasteiger partial charge in [0.2, 0.25) is 5.91 Å². The van der Waals surface area contributed by atoms with Crippen molar-refractivity contribution in [2.75, 3.05) is 13.6 Å². The topological polar surface area (TPSA) is 72.8 Å². The fourth-order valence-corrected chi connectivity index (χ4v) is 2.97. The molecule has 0 aromatic carbocycles. The summed E-state index contributed by atoms with van der Waals surface area (Å²) >= 11 is 0. The molecule has 1 fully saturated rings. The summed E-state index contributed by atoms with van der Waals surface area (Å²) in [5.41, 5.74) is 0.716. The first-order valence-corrected chi connectivity index (χ1v) is 8.21. The zero-order valence-electron chi connectivity index (χ0n) is 14.4. The first-order chi connectivity index (χ1) is 10.9. The predicted octanol–water partition coefficient (Wildman–Crippen LogP) is 1.39. The molecule has 1 amide bonds. The third kappa shape index (κ3) is 5.94. The number of amides is 1. The van der Waals surface area contributed by atoms with Gasteiger partial charge in [-0.2, -0.15) is 0 Å². The Morgan fingerprint density at radius 2 is 2.17 bits per heavy atom. The number of allylic oxidation sites excluding steroid dienone is 3. The molecular weight excluding hydrogens is 292 g/mol. The van der Waals surface area contributed by atoms with E-state index in [1.54, 1.807) is 31.2 Å². The normalized spacial score (nSPS) is 23.7. The lowest BCUT2D eigenvalue weighted by Gasteiger charge is -2.26. The molecule has 4 unspecified atom stereocenters. The summed E-state index contributed by atoms with van der Waals surface area (Å²) in [5, 5.41) is 23.3. The van der Waals surface area contributed by atoms with Crippen molar-refractivity contribution in [2.24, 2.45) is 0 Å². The van der Waals surface area contributed by atoms with E-state index < -0.39 is 18.2 Å². The highest BCUT2D eigenvalue weighted by Gasteiger charge is 2.30. The van der Waals surface area contributed by atoms with Crippen LogP contribution in [0.2, 0.25) is 0 Å². The zero-order valence-corrected chi connectivity index (χ0v) is 14.4. The van der Waals surface area contributed by atoms with Crippen LogP contribution < -0.4 is 5.32 Å². The highest BCUT2D eigenvalue weighted by molar-refractivity contribution is 5.77. The van der Waals surface area contributed by atoms with Gasteiger partial charge < -0.3 is 20.4 Å². The quantitative estimate of drug-likeness (QED) is 0.591. The molecule has 1 aliphatic heterocycles. The number of rotatable bonds is 8. The van der Waals surface area contributed by atoms with Crippen molar-refractivity contribution >= 4 is 5.91 Å². The Kier molecular flexibility index (Phi) is 8.23. The molecule has 130 valence electrons. The van der Waals surface area contributed by atoms with Gasteiger partial charge in [-0.1, -0.05) is 30.9 Å². The van der Waals surface area contributed by atoms with Crippen molar-refractivity contribution in [1.29, 1.82) is 0 Å². The SMILES string of the molecule is C=C/C=C\C(=C/C)C(O)C(C)NC(=O)CC(O)C1CCCN1C. The monoisotopic (exact) mass is 322 g/mol. The van der Waals surface area contributed by atoms with E-state index in [1.165, 1.54) is 0 Å². The van der Waals surface area contributed by atoms with Gasteiger partial charge in [0.25, 0.3) is 0 Å². The molecule has 23 heavy (non-hydrogen) atoms. The molecule has 5 heteroatoms. The van der Waals surface area contributed by atoms with Crippen LogP contribution in [0, 0.1) is 0 Å². The number of likely N-dealkylation sites (tertiary alicyclic amines) is 1. The van der Waals surface area contributed by atoms with Gasteiger partial charge in [-0.05, 0) is 45.9 Å². The van der Waals surface area contributed by atoms with Gasteiger partial charge in [0.05, 0.1) is 24.7 Å². The lowest BCUT2D eigenvalue weighted by Crippen LogP contribution is -2.45. The minimum absolute atomic E-state index is 0.0441. The van der Waals surface area contributed by atoms with Crippen LogP contribution in [-0.4, -0.2) is 58.9 Å². The Morgan fingerprint density at radius 3 is 2.70 bits per heavy atom. The van der Waals surface area contributed by atoms with Crippen LogP contribution in [0.3, 0.4) is 0 Å². The van der Waals surface area contributed by atoms with Crippen molar-refractivity contribution in [3.63, 3.8) is 0 Å². The second-order valence-electron chi connectivity index (χ2n) is 6.15. The summed E-state index contributed by atoms with van der Waals surface area (Å²) in [6.45, 7) is 8.14. The van der Waals surface area contributed by atoms with Gasteiger partial charge in [-0.3, -0.25) is 4.79 Å². The van der Waals surface area contributed by atoms with Gasteiger partial charge in [0, 0.05) is 6.04 Å². The largest absolute Gasteiger partial charge is 0.391 e. The maximum absolute atomic E-state index is 12.1. The lowest BCUT2D eigenvalue weighted by molar-refractivity contribution is -0.125. The molecule has 0 bridgehead atoms. The first-order valence-electron chi connectivity index (χ1n) is 8.21. The van der Waals surface area contributed by atoms with E-state index in [1.807, 2.05) is 14.0 Å². The van der Waals surface area contributed by atoms with E-state index in [4.69, 9.17) is 0 Å². The minimum Gasteiger partial charge on any atom is -0.391 e. The summed E-state index contributed by atoms with van der Waals surface area (Å²) in [4.78, 5) is 14.2. The Labute approximate surface area is 139 Å². The van der Waals surface area contributed by atoms with Crippen molar-refractivity contribution < 1.29 is 15.0 Å². The molecule has 0 saturated carbocycles. The van der Waals surface area contributed by atoms with Crippen LogP contribution >= 0.6 is 0 Å². The number of carbonyl (C=O) groups excluding carboxylic acids is 1. The highest BCUT2D eigenvalue weighted by Crippen LogP contribution is 2.20. The van der Waals surface area contributed by atoms with Crippen LogP contribution in [0.4, 0.5) is 0 Å². The number of nitrogens with one attached hydrogen (secondary N) is 1. The van der Waals surface area contributed by atoms with Crippen LogP contribution in [0.1, 0.15) is 33.1 Å². The minimum atomic E-state index is -0.800. The Morgan fingerprint density at radius 1 is 1.48 bits per heavy atom. The summed E-state index contributed by atoms with van der Waals surface area (Å²) in [5.74, 6) is -0.243. The molecule has 4 atom stereocenters. The van der Waals surface area contributed by atoms with Crippen LogP contribution in [0.25, 0.3) is 0 Å². The molecular formula is C18H30N2O3. The van der Waals surface area contributed by atoms with Gasteiger partial charge >= 0.3 is 0 Å². The first kappa shape index (κ1) is 19.6. The number of hydrogen-bond acceptors (Lipinski definition) is 4. The van der Waals surface area contributed by atoms with Gasteiger partial charge in [-0.15, -0.1) is 0 Å². The Balaban J connectivity index is 2.52. The fourth-order valence-electron chi connectivity index (χ4n) is 2.97. The van der Waals surface area contributed by atoms with Crippen LogP contribution in [0.5, 0.6) is 0 Å². The predicted molar refractivity (Wildman–Crippen MR) is 93.0 cm³/mol. The maximum Gasteiger partial charge on any atom is 0.222 e. The van der Waals surface area contributed by atoms with E-state index in [0.717, 1.165) is 19.4 Å². The molecule has 5 nitrogen and oxygen atoms in total.